The molecule has 2 aliphatic heterocycles. The smallest absolute Gasteiger partial charge is 0.222 e. The molecule has 6 heteroatoms. The van der Waals surface area contributed by atoms with E-state index in [1.165, 1.54) is 24.9 Å². The summed E-state index contributed by atoms with van der Waals surface area (Å²) in [5, 5.41) is 6.69. The van der Waals surface area contributed by atoms with Crippen molar-refractivity contribution >= 4 is 17.6 Å². The molecule has 0 bridgehead atoms. The number of para-hydroxylation sites is 1. The fourth-order valence-electron chi connectivity index (χ4n) is 4.35. The van der Waals surface area contributed by atoms with Crippen LogP contribution >= 0.6 is 0 Å². The van der Waals surface area contributed by atoms with E-state index in [1.807, 2.05) is 0 Å². The van der Waals surface area contributed by atoms with Crippen molar-refractivity contribution in [3.05, 3.63) is 30.3 Å². The Labute approximate surface area is 162 Å². The summed E-state index contributed by atoms with van der Waals surface area (Å²) in [4.78, 5) is 21.7. The van der Waals surface area contributed by atoms with Crippen LogP contribution in [0.4, 0.5) is 5.69 Å². The van der Waals surface area contributed by atoms with Crippen LogP contribution in [-0.4, -0.2) is 61.6 Å². The highest BCUT2D eigenvalue weighted by molar-refractivity contribution is 5.84. The molecule has 0 radical (unpaired) electrons. The van der Waals surface area contributed by atoms with Gasteiger partial charge in [-0.2, -0.15) is 0 Å². The SMILES string of the molecule is O=C(CC1CN=C(N2CCN(c3ccccc3)CC2)N1)NC1CCCCC1. The summed E-state index contributed by atoms with van der Waals surface area (Å²) in [5.41, 5.74) is 1.29. The number of anilines is 1. The highest BCUT2D eigenvalue weighted by atomic mass is 16.1. The summed E-state index contributed by atoms with van der Waals surface area (Å²) >= 11 is 0. The molecule has 1 aromatic rings. The zero-order valence-corrected chi connectivity index (χ0v) is 16.1. The van der Waals surface area contributed by atoms with E-state index in [0.717, 1.165) is 45.0 Å². The minimum Gasteiger partial charge on any atom is -0.368 e. The largest absolute Gasteiger partial charge is 0.368 e. The van der Waals surface area contributed by atoms with Crippen LogP contribution in [0.15, 0.2) is 35.3 Å². The molecule has 2 N–H and O–H groups in total. The minimum atomic E-state index is 0.135. The average Bonchev–Trinajstić information content (AvgIpc) is 3.18. The molecule has 6 nitrogen and oxygen atoms in total. The van der Waals surface area contributed by atoms with E-state index >= 15 is 0 Å². The van der Waals surface area contributed by atoms with Crippen LogP contribution in [0.5, 0.6) is 0 Å². The van der Waals surface area contributed by atoms with Crippen LogP contribution < -0.4 is 15.5 Å². The summed E-state index contributed by atoms with van der Waals surface area (Å²) < 4.78 is 0. The summed E-state index contributed by atoms with van der Waals surface area (Å²) in [5.74, 6) is 1.14. The van der Waals surface area contributed by atoms with Crippen LogP contribution in [0.1, 0.15) is 38.5 Å². The molecule has 2 fully saturated rings. The predicted molar refractivity (Wildman–Crippen MR) is 109 cm³/mol. The van der Waals surface area contributed by atoms with E-state index in [1.54, 1.807) is 0 Å². The van der Waals surface area contributed by atoms with Crippen LogP contribution in [-0.2, 0) is 4.79 Å². The van der Waals surface area contributed by atoms with Crippen molar-refractivity contribution in [2.24, 2.45) is 4.99 Å². The number of carbonyl (C=O) groups excluding carboxylic acids is 1. The molecular formula is C21H31N5O. The summed E-state index contributed by atoms with van der Waals surface area (Å²) in [6.45, 7) is 4.62. The Morgan fingerprint density at radius 1 is 1.04 bits per heavy atom. The van der Waals surface area contributed by atoms with E-state index < -0.39 is 0 Å². The van der Waals surface area contributed by atoms with Gasteiger partial charge in [0.25, 0.3) is 0 Å². The van der Waals surface area contributed by atoms with Crippen LogP contribution in [0, 0.1) is 0 Å². The maximum Gasteiger partial charge on any atom is 0.222 e. The van der Waals surface area contributed by atoms with Gasteiger partial charge in [0.15, 0.2) is 5.96 Å². The lowest BCUT2D eigenvalue weighted by Crippen LogP contribution is -2.53. The Morgan fingerprint density at radius 3 is 2.48 bits per heavy atom. The van der Waals surface area contributed by atoms with Crippen molar-refractivity contribution in [1.29, 1.82) is 0 Å². The van der Waals surface area contributed by atoms with Gasteiger partial charge in [-0.15, -0.1) is 0 Å². The second kappa shape index (κ2) is 8.63. The first-order valence-electron chi connectivity index (χ1n) is 10.4. The molecule has 1 amide bonds. The highest BCUT2D eigenvalue weighted by Gasteiger charge is 2.27. The second-order valence-electron chi connectivity index (χ2n) is 7.92. The van der Waals surface area contributed by atoms with Gasteiger partial charge in [-0.1, -0.05) is 37.5 Å². The van der Waals surface area contributed by atoms with Crippen LogP contribution in [0.2, 0.25) is 0 Å². The van der Waals surface area contributed by atoms with Gasteiger partial charge in [0.1, 0.15) is 0 Å². The maximum atomic E-state index is 12.3. The molecule has 146 valence electrons. The number of benzene rings is 1. The third kappa shape index (κ3) is 4.73. The lowest BCUT2D eigenvalue weighted by Gasteiger charge is -2.37. The molecule has 4 rings (SSSR count). The molecule has 1 aromatic carbocycles. The van der Waals surface area contributed by atoms with Gasteiger partial charge in [-0.3, -0.25) is 9.79 Å². The first-order chi connectivity index (χ1) is 13.3. The molecule has 3 aliphatic rings. The fourth-order valence-corrected chi connectivity index (χ4v) is 4.35. The zero-order chi connectivity index (χ0) is 18.5. The Balaban J connectivity index is 1.20. The first-order valence-corrected chi connectivity index (χ1v) is 10.4. The van der Waals surface area contributed by atoms with Crippen molar-refractivity contribution in [2.75, 3.05) is 37.6 Å². The number of carbonyl (C=O) groups is 1. The van der Waals surface area contributed by atoms with Gasteiger partial charge in [0.2, 0.25) is 5.91 Å². The summed E-state index contributed by atoms with van der Waals surface area (Å²) in [7, 11) is 0. The number of nitrogens with one attached hydrogen (secondary N) is 2. The quantitative estimate of drug-likeness (QED) is 0.852. The molecule has 1 unspecified atom stereocenters. The Kier molecular flexibility index (Phi) is 5.80. The molecule has 0 aromatic heterocycles. The second-order valence-corrected chi connectivity index (χ2v) is 7.92. The number of rotatable bonds is 4. The average molecular weight is 370 g/mol. The van der Waals surface area contributed by atoms with Crippen LogP contribution in [0.3, 0.4) is 0 Å². The van der Waals surface area contributed by atoms with Crippen molar-refractivity contribution in [1.82, 2.24) is 15.5 Å². The van der Waals surface area contributed by atoms with E-state index in [2.05, 4.69) is 55.8 Å². The summed E-state index contributed by atoms with van der Waals surface area (Å²) in [6, 6.07) is 11.1. The van der Waals surface area contributed by atoms with Crippen molar-refractivity contribution in [3.8, 4) is 0 Å². The Bertz CT molecular complexity index is 648. The Hall–Kier alpha value is -2.24. The number of piperazine rings is 1. The summed E-state index contributed by atoms with van der Waals surface area (Å²) in [6.07, 6.45) is 6.59. The third-order valence-corrected chi connectivity index (χ3v) is 5.90. The van der Waals surface area contributed by atoms with E-state index in [4.69, 9.17) is 0 Å². The minimum absolute atomic E-state index is 0.135. The lowest BCUT2D eigenvalue weighted by atomic mass is 9.95. The number of nitrogens with zero attached hydrogens (tertiary/aromatic N) is 3. The molecule has 1 atom stereocenters. The van der Waals surface area contributed by atoms with Crippen molar-refractivity contribution < 1.29 is 4.79 Å². The van der Waals surface area contributed by atoms with Gasteiger partial charge in [0, 0.05) is 44.3 Å². The van der Waals surface area contributed by atoms with Crippen LogP contribution in [0.25, 0.3) is 0 Å². The number of hydrogen-bond acceptors (Lipinski definition) is 5. The molecule has 2 heterocycles. The maximum absolute atomic E-state index is 12.3. The number of guanidine groups is 1. The normalized spacial score (nSPS) is 23.7. The number of hydrogen-bond donors (Lipinski definition) is 2. The Morgan fingerprint density at radius 2 is 1.74 bits per heavy atom. The van der Waals surface area contributed by atoms with Crippen molar-refractivity contribution in [2.45, 2.75) is 50.6 Å². The van der Waals surface area contributed by atoms with Gasteiger partial charge in [-0.05, 0) is 25.0 Å². The zero-order valence-electron chi connectivity index (χ0n) is 16.1. The van der Waals surface area contributed by atoms with Crippen molar-refractivity contribution in [3.63, 3.8) is 0 Å². The molecule has 1 saturated carbocycles. The first kappa shape index (κ1) is 18.1. The number of aliphatic imine (C=N–C) groups is 1. The van der Waals surface area contributed by atoms with Gasteiger partial charge < -0.3 is 20.4 Å². The molecular weight excluding hydrogens is 338 g/mol. The third-order valence-electron chi connectivity index (χ3n) is 5.90. The van der Waals surface area contributed by atoms with Gasteiger partial charge in [-0.25, -0.2) is 0 Å². The number of amides is 1. The molecule has 27 heavy (non-hydrogen) atoms. The standard InChI is InChI=1S/C21H31N5O/c27-20(23-17-7-3-1-4-8-17)15-18-16-22-21(24-18)26-13-11-25(12-14-26)19-9-5-2-6-10-19/h2,5-6,9-10,17-18H,1,3-4,7-8,11-16H2,(H,22,24)(H,23,27). The van der Waals surface area contributed by atoms with E-state index in [0.29, 0.717) is 19.0 Å². The highest BCUT2D eigenvalue weighted by Crippen LogP contribution is 2.18. The molecule has 0 spiro atoms. The van der Waals surface area contributed by atoms with Gasteiger partial charge in [0.05, 0.1) is 12.6 Å². The van der Waals surface area contributed by atoms with E-state index in [-0.39, 0.29) is 11.9 Å². The molecule has 1 aliphatic carbocycles. The fraction of sp³-hybridized carbons (Fsp3) is 0.619. The molecule has 1 saturated heterocycles. The topological polar surface area (TPSA) is 60.0 Å². The van der Waals surface area contributed by atoms with Gasteiger partial charge >= 0.3 is 0 Å². The van der Waals surface area contributed by atoms with E-state index in [9.17, 15) is 4.79 Å². The lowest BCUT2D eigenvalue weighted by molar-refractivity contribution is -0.122. The predicted octanol–water partition coefficient (Wildman–Crippen LogP) is 1.98. The monoisotopic (exact) mass is 369 g/mol.